The average molecular weight is 272 g/mol. The van der Waals surface area contributed by atoms with Gasteiger partial charge in [-0.1, -0.05) is 55.4 Å². The van der Waals surface area contributed by atoms with Crippen molar-refractivity contribution in [1.82, 2.24) is 14.9 Å². The van der Waals surface area contributed by atoms with Gasteiger partial charge in [-0.2, -0.15) is 9.78 Å². The highest BCUT2D eigenvalue weighted by atomic mass is 32.2. The Morgan fingerprint density at radius 3 is 2.84 bits per heavy atom. The van der Waals surface area contributed by atoms with Crippen molar-refractivity contribution in [2.45, 2.75) is 31.3 Å². The molecule has 0 unspecified atom stereocenters. The molecular weight excluding hydrogens is 256 g/mol. The molecule has 0 bridgehead atoms. The summed E-state index contributed by atoms with van der Waals surface area (Å²) in [6.45, 7) is 2.18. The smallest absolute Gasteiger partial charge is 0.191 e. The summed E-state index contributed by atoms with van der Waals surface area (Å²) in [5.74, 6) is 1.83. The molecule has 0 saturated carbocycles. The van der Waals surface area contributed by atoms with E-state index < -0.39 is 0 Å². The first kappa shape index (κ1) is 12.4. The van der Waals surface area contributed by atoms with Crippen LogP contribution >= 0.6 is 11.8 Å². The van der Waals surface area contributed by atoms with Crippen molar-refractivity contribution in [2.75, 3.05) is 5.75 Å². The largest absolute Gasteiger partial charge is 0.212 e. The molecule has 0 aliphatic carbocycles. The number of aryl methyl sites for hydroxylation is 1. The number of thioether (sulfide) groups is 1. The third-order valence-electron chi connectivity index (χ3n) is 3.10. The zero-order chi connectivity index (χ0) is 13.1. The summed E-state index contributed by atoms with van der Waals surface area (Å²) < 4.78 is 1.91. The van der Waals surface area contributed by atoms with Crippen LogP contribution in [0.4, 0.5) is 0 Å². The van der Waals surface area contributed by atoms with Crippen molar-refractivity contribution in [3.05, 3.63) is 41.7 Å². The van der Waals surface area contributed by atoms with Gasteiger partial charge in [-0.25, -0.2) is 0 Å². The molecule has 0 spiro atoms. The molecule has 1 aromatic carbocycles. The third-order valence-corrected chi connectivity index (χ3v) is 4.03. The molecule has 0 N–H and O–H groups in total. The van der Waals surface area contributed by atoms with E-state index in [0.717, 1.165) is 41.7 Å². The van der Waals surface area contributed by atoms with Crippen LogP contribution in [0.25, 0.3) is 0 Å². The summed E-state index contributed by atoms with van der Waals surface area (Å²) in [6.07, 6.45) is 3.22. The molecule has 0 saturated heterocycles. The predicted molar refractivity (Wildman–Crippen MR) is 77.7 cm³/mol. The van der Waals surface area contributed by atoms with E-state index in [-0.39, 0.29) is 0 Å². The Morgan fingerprint density at radius 1 is 1.21 bits per heavy atom. The van der Waals surface area contributed by atoms with Gasteiger partial charge in [-0.3, -0.25) is 0 Å². The van der Waals surface area contributed by atoms with Crippen LogP contribution in [0.3, 0.4) is 0 Å². The lowest BCUT2D eigenvalue weighted by molar-refractivity contribution is 0.671. The first-order valence-electron chi connectivity index (χ1n) is 6.59. The minimum absolute atomic E-state index is 0.857. The molecule has 1 aliphatic heterocycles. The first-order valence-corrected chi connectivity index (χ1v) is 7.57. The molecule has 98 valence electrons. The maximum Gasteiger partial charge on any atom is 0.212 e. The van der Waals surface area contributed by atoms with Gasteiger partial charge in [0.05, 0.1) is 5.71 Å². The number of benzene rings is 1. The summed E-state index contributed by atoms with van der Waals surface area (Å²) >= 11 is 1.70. The summed E-state index contributed by atoms with van der Waals surface area (Å²) in [5, 5.41) is 14.1. The zero-order valence-corrected chi connectivity index (χ0v) is 11.7. The van der Waals surface area contributed by atoms with Gasteiger partial charge >= 0.3 is 0 Å². The minimum Gasteiger partial charge on any atom is -0.191 e. The van der Waals surface area contributed by atoms with Gasteiger partial charge in [0.1, 0.15) is 0 Å². The van der Waals surface area contributed by atoms with Crippen LogP contribution in [0.1, 0.15) is 31.2 Å². The fraction of sp³-hybridized carbons (Fsp3) is 0.357. The van der Waals surface area contributed by atoms with Gasteiger partial charge < -0.3 is 0 Å². The van der Waals surface area contributed by atoms with E-state index in [4.69, 9.17) is 5.10 Å². The maximum absolute atomic E-state index is 4.72. The number of aromatic nitrogens is 3. The highest BCUT2D eigenvalue weighted by Crippen LogP contribution is 2.24. The second-order valence-electron chi connectivity index (χ2n) is 4.52. The maximum atomic E-state index is 4.72. The number of hydrogen-bond acceptors (Lipinski definition) is 4. The van der Waals surface area contributed by atoms with Gasteiger partial charge in [0.25, 0.3) is 0 Å². The topological polar surface area (TPSA) is 43.1 Å². The second kappa shape index (κ2) is 5.57. The van der Waals surface area contributed by atoms with Crippen molar-refractivity contribution in [2.24, 2.45) is 5.10 Å². The van der Waals surface area contributed by atoms with Gasteiger partial charge in [0.15, 0.2) is 5.82 Å². The molecule has 2 aromatic rings. The minimum atomic E-state index is 0.857. The highest BCUT2D eigenvalue weighted by Gasteiger charge is 2.19. The number of hydrogen-bond donors (Lipinski definition) is 0. The highest BCUT2D eigenvalue weighted by molar-refractivity contribution is 7.99. The number of rotatable bonds is 4. The van der Waals surface area contributed by atoms with Crippen LogP contribution in [0.15, 0.2) is 40.6 Å². The lowest BCUT2D eigenvalue weighted by Gasteiger charge is -2.13. The summed E-state index contributed by atoms with van der Waals surface area (Å²) in [7, 11) is 0. The Labute approximate surface area is 116 Å². The van der Waals surface area contributed by atoms with Crippen molar-refractivity contribution in [1.29, 1.82) is 0 Å². The Hall–Kier alpha value is -1.62. The Kier molecular flexibility index (Phi) is 3.64. The second-order valence-corrected chi connectivity index (χ2v) is 5.46. The van der Waals surface area contributed by atoms with Crippen molar-refractivity contribution < 1.29 is 0 Å². The molecular formula is C14H16N4S. The normalized spacial score (nSPS) is 14.1. The van der Waals surface area contributed by atoms with Crippen molar-refractivity contribution >= 4 is 17.5 Å². The lowest BCUT2D eigenvalue weighted by atomic mass is 10.1. The van der Waals surface area contributed by atoms with Crippen LogP contribution in [-0.4, -0.2) is 26.3 Å². The van der Waals surface area contributed by atoms with Crippen LogP contribution in [0.2, 0.25) is 0 Å². The molecule has 2 heterocycles. The Morgan fingerprint density at radius 2 is 2.05 bits per heavy atom. The predicted octanol–water partition coefficient (Wildman–Crippen LogP) is 2.98. The van der Waals surface area contributed by atoms with Crippen molar-refractivity contribution in [3.8, 4) is 0 Å². The van der Waals surface area contributed by atoms with Gasteiger partial charge in [-0.15, -0.1) is 10.2 Å². The van der Waals surface area contributed by atoms with Gasteiger partial charge in [-0.05, 0) is 12.0 Å². The van der Waals surface area contributed by atoms with Crippen LogP contribution in [-0.2, 0) is 6.42 Å². The van der Waals surface area contributed by atoms with E-state index in [1.54, 1.807) is 11.8 Å². The standard InChI is InChI=1S/C14H16N4S/c1-2-3-9-13-15-16-14-18(13)17-12(10-19-14)11-7-5-4-6-8-11/h4-8H,2-3,9-10H2,1H3. The quantitative estimate of drug-likeness (QED) is 0.859. The summed E-state index contributed by atoms with van der Waals surface area (Å²) in [5.41, 5.74) is 2.27. The molecule has 0 amide bonds. The van der Waals surface area contributed by atoms with E-state index in [1.807, 2.05) is 22.9 Å². The van der Waals surface area contributed by atoms with Crippen molar-refractivity contribution in [3.63, 3.8) is 0 Å². The monoisotopic (exact) mass is 272 g/mol. The number of nitrogens with zero attached hydrogens (tertiary/aromatic N) is 4. The van der Waals surface area contributed by atoms with E-state index in [1.165, 1.54) is 5.56 Å². The molecule has 0 fully saturated rings. The first-order chi connectivity index (χ1) is 9.38. The van der Waals surface area contributed by atoms with E-state index in [2.05, 4.69) is 29.3 Å². The molecule has 4 nitrogen and oxygen atoms in total. The fourth-order valence-corrected chi connectivity index (χ4v) is 2.89. The lowest BCUT2D eigenvalue weighted by Crippen LogP contribution is -2.14. The molecule has 0 radical (unpaired) electrons. The average Bonchev–Trinajstić information content (AvgIpc) is 2.88. The molecule has 19 heavy (non-hydrogen) atoms. The Bertz CT molecular complexity index is 589. The summed E-state index contributed by atoms with van der Waals surface area (Å²) in [6, 6.07) is 10.3. The number of unbranched alkanes of at least 4 members (excludes halogenated alkanes) is 1. The molecule has 1 aromatic heterocycles. The number of fused-ring (bicyclic) bond motifs is 1. The fourth-order valence-electron chi connectivity index (χ4n) is 2.03. The van der Waals surface area contributed by atoms with Crippen LogP contribution in [0.5, 0.6) is 0 Å². The third kappa shape index (κ3) is 2.56. The molecule has 0 atom stereocenters. The van der Waals surface area contributed by atoms with E-state index in [0.29, 0.717) is 0 Å². The van der Waals surface area contributed by atoms with Crippen LogP contribution < -0.4 is 0 Å². The Balaban J connectivity index is 1.93. The van der Waals surface area contributed by atoms with Gasteiger partial charge in [0, 0.05) is 12.2 Å². The molecule has 5 heteroatoms. The molecule has 1 aliphatic rings. The molecule has 3 rings (SSSR count). The SMILES string of the molecule is CCCCc1nnc2n1N=C(c1ccccc1)CS2. The van der Waals surface area contributed by atoms with Crippen LogP contribution in [0, 0.1) is 0 Å². The van der Waals surface area contributed by atoms with E-state index >= 15 is 0 Å². The zero-order valence-electron chi connectivity index (χ0n) is 10.9. The van der Waals surface area contributed by atoms with Gasteiger partial charge in [0.2, 0.25) is 5.16 Å². The summed E-state index contributed by atoms with van der Waals surface area (Å²) in [4.78, 5) is 0. The van der Waals surface area contributed by atoms with E-state index in [9.17, 15) is 0 Å².